The highest BCUT2D eigenvalue weighted by molar-refractivity contribution is 6.05. The molecule has 37 heavy (non-hydrogen) atoms. The van der Waals surface area contributed by atoms with Gasteiger partial charge in [-0.3, -0.25) is 9.78 Å². The van der Waals surface area contributed by atoms with Gasteiger partial charge >= 0.3 is 0 Å². The number of phenols is 1. The molecule has 0 fully saturated rings. The first-order chi connectivity index (χ1) is 17.7. The van der Waals surface area contributed by atoms with Gasteiger partial charge in [-0.15, -0.1) is 0 Å². The highest BCUT2D eigenvalue weighted by Gasteiger charge is 2.20. The quantitative estimate of drug-likeness (QED) is 0.248. The second kappa shape index (κ2) is 10.8. The van der Waals surface area contributed by atoms with Gasteiger partial charge in [0.1, 0.15) is 11.5 Å². The second-order valence-electron chi connectivity index (χ2n) is 9.75. The summed E-state index contributed by atoms with van der Waals surface area (Å²) in [6.45, 7) is 10.4. The molecule has 190 valence electrons. The van der Waals surface area contributed by atoms with E-state index in [1.165, 1.54) is 0 Å². The van der Waals surface area contributed by atoms with Crippen LogP contribution in [0.4, 0.5) is 5.69 Å². The van der Waals surface area contributed by atoms with Gasteiger partial charge in [0.25, 0.3) is 5.91 Å². The van der Waals surface area contributed by atoms with E-state index in [-0.39, 0.29) is 17.1 Å². The average molecular weight is 496 g/mol. The summed E-state index contributed by atoms with van der Waals surface area (Å²) in [6.07, 6.45) is 5.22. The van der Waals surface area contributed by atoms with Crippen LogP contribution >= 0.6 is 0 Å². The van der Waals surface area contributed by atoms with E-state index < -0.39 is 0 Å². The van der Waals surface area contributed by atoms with Crippen LogP contribution in [0.25, 0.3) is 11.1 Å². The minimum absolute atomic E-state index is 0.0227. The first-order valence-corrected chi connectivity index (χ1v) is 12.6. The Bertz CT molecular complexity index is 1430. The van der Waals surface area contributed by atoms with Gasteiger partial charge in [0.15, 0.2) is 0 Å². The minimum Gasteiger partial charge on any atom is -0.506 e. The maximum atomic E-state index is 13.2. The number of pyridine rings is 2. The van der Waals surface area contributed by atoms with E-state index in [0.29, 0.717) is 22.9 Å². The van der Waals surface area contributed by atoms with Crippen LogP contribution in [-0.2, 0) is 11.8 Å². The SMILES string of the molecule is CCc1cc(-c2cccnc2Oc2cc(C(=O)Nc3cc(C(C)(C)CC)ccc3O)ccc2C)ccn1. The lowest BCUT2D eigenvalue weighted by Crippen LogP contribution is -2.17. The fourth-order valence-corrected chi connectivity index (χ4v) is 3.94. The van der Waals surface area contributed by atoms with Gasteiger partial charge in [0.2, 0.25) is 5.88 Å². The van der Waals surface area contributed by atoms with Crippen LogP contribution in [0.1, 0.15) is 61.3 Å². The third kappa shape index (κ3) is 5.80. The first kappa shape index (κ1) is 25.9. The fourth-order valence-electron chi connectivity index (χ4n) is 3.94. The number of carbonyl (C=O) groups excluding carboxylic acids is 1. The van der Waals surface area contributed by atoms with Gasteiger partial charge in [-0.05, 0) is 90.4 Å². The highest BCUT2D eigenvalue weighted by atomic mass is 16.5. The van der Waals surface area contributed by atoms with Crippen molar-refractivity contribution in [3.05, 3.63) is 95.4 Å². The Morgan fingerprint density at radius 1 is 1.00 bits per heavy atom. The molecule has 0 unspecified atom stereocenters. The number of phenolic OH excluding ortho intramolecular Hbond substituents is 1. The number of anilines is 1. The number of aromatic hydroxyl groups is 1. The number of hydrogen-bond donors (Lipinski definition) is 2. The highest BCUT2D eigenvalue weighted by Crippen LogP contribution is 2.35. The molecule has 0 aliphatic carbocycles. The molecule has 0 aliphatic rings. The topological polar surface area (TPSA) is 84.3 Å². The number of amides is 1. The number of carbonyl (C=O) groups is 1. The Morgan fingerprint density at radius 3 is 2.57 bits per heavy atom. The molecule has 6 nitrogen and oxygen atoms in total. The van der Waals surface area contributed by atoms with Crippen LogP contribution < -0.4 is 10.1 Å². The zero-order valence-corrected chi connectivity index (χ0v) is 22.0. The summed E-state index contributed by atoms with van der Waals surface area (Å²) in [5, 5.41) is 13.2. The molecule has 0 aliphatic heterocycles. The van der Waals surface area contributed by atoms with Crippen LogP contribution in [0.2, 0.25) is 0 Å². The van der Waals surface area contributed by atoms with Crippen LogP contribution in [0.5, 0.6) is 17.4 Å². The summed E-state index contributed by atoms with van der Waals surface area (Å²) in [5.41, 5.74) is 5.41. The molecule has 0 atom stereocenters. The zero-order valence-electron chi connectivity index (χ0n) is 22.0. The molecule has 4 rings (SSSR count). The molecule has 0 saturated carbocycles. The lowest BCUT2D eigenvalue weighted by atomic mass is 9.82. The number of nitrogens with zero attached hydrogens (tertiary/aromatic N) is 2. The normalized spacial score (nSPS) is 11.3. The van der Waals surface area contributed by atoms with Crippen molar-refractivity contribution < 1.29 is 14.6 Å². The molecule has 6 heteroatoms. The van der Waals surface area contributed by atoms with Crippen molar-refractivity contribution in [2.45, 2.75) is 52.9 Å². The van der Waals surface area contributed by atoms with E-state index in [4.69, 9.17) is 4.74 Å². The number of rotatable bonds is 8. The van der Waals surface area contributed by atoms with E-state index >= 15 is 0 Å². The van der Waals surface area contributed by atoms with Gasteiger partial charge in [0.05, 0.1) is 5.69 Å². The maximum Gasteiger partial charge on any atom is 0.255 e. The van der Waals surface area contributed by atoms with Crippen LogP contribution in [-0.4, -0.2) is 21.0 Å². The van der Waals surface area contributed by atoms with E-state index in [1.54, 1.807) is 30.6 Å². The van der Waals surface area contributed by atoms with Crippen molar-refractivity contribution >= 4 is 11.6 Å². The van der Waals surface area contributed by atoms with Gasteiger partial charge in [-0.25, -0.2) is 4.98 Å². The average Bonchev–Trinajstić information content (AvgIpc) is 2.91. The maximum absolute atomic E-state index is 13.2. The number of aromatic nitrogens is 2. The molecule has 0 spiro atoms. The number of aryl methyl sites for hydroxylation is 2. The predicted octanol–water partition coefficient (Wildman–Crippen LogP) is 7.45. The van der Waals surface area contributed by atoms with E-state index in [1.807, 2.05) is 49.4 Å². The lowest BCUT2D eigenvalue weighted by molar-refractivity contribution is 0.102. The van der Waals surface area contributed by atoms with Gasteiger partial charge in [-0.2, -0.15) is 0 Å². The van der Waals surface area contributed by atoms with Crippen LogP contribution in [0.15, 0.2) is 73.1 Å². The molecular formula is C31H33N3O3. The Morgan fingerprint density at radius 2 is 1.81 bits per heavy atom. The Kier molecular flexibility index (Phi) is 7.58. The van der Waals surface area contributed by atoms with Gasteiger partial charge in [-0.1, -0.05) is 39.8 Å². The molecular weight excluding hydrogens is 462 g/mol. The van der Waals surface area contributed by atoms with Crippen molar-refractivity contribution in [3.8, 4) is 28.5 Å². The summed E-state index contributed by atoms with van der Waals surface area (Å²) in [7, 11) is 0. The summed E-state index contributed by atoms with van der Waals surface area (Å²) in [4.78, 5) is 22.0. The Hall–Kier alpha value is -4.19. The van der Waals surface area contributed by atoms with E-state index in [0.717, 1.165) is 40.8 Å². The van der Waals surface area contributed by atoms with Gasteiger partial charge in [0, 0.05) is 29.2 Å². The molecule has 1 amide bonds. The molecule has 2 aromatic carbocycles. The third-order valence-corrected chi connectivity index (χ3v) is 6.83. The number of benzene rings is 2. The van der Waals surface area contributed by atoms with Crippen molar-refractivity contribution in [3.63, 3.8) is 0 Å². The second-order valence-corrected chi connectivity index (χ2v) is 9.75. The summed E-state index contributed by atoms with van der Waals surface area (Å²) in [6, 6.07) is 18.4. The monoisotopic (exact) mass is 495 g/mol. The van der Waals surface area contributed by atoms with Crippen LogP contribution in [0.3, 0.4) is 0 Å². The zero-order chi connectivity index (χ0) is 26.6. The molecule has 2 N–H and O–H groups in total. The largest absolute Gasteiger partial charge is 0.506 e. The predicted molar refractivity (Wildman–Crippen MR) is 147 cm³/mol. The number of ether oxygens (including phenoxy) is 1. The summed E-state index contributed by atoms with van der Waals surface area (Å²) >= 11 is 0. The number of nitrogens with one attached hydrogen (secondary N) is 1. The summed E-state index contributed by atoms with van der Waals surface area (Å²) in [5.74, 6) is 0.662. The van der Waals surface area contributed by atoms with E-state index in [9.17, 15) is 9.90 Å². The minimum atomic E-state index is -0.338. The van der Waals surface area contributed by atoms with Crippen molar-refractivity contribution in [2.24, 2.45) is 0 Å². The summed E-state index contributed by atoms with van der Waals surface area (Å²) < 4.78 is 6.25. The smallest absolute Gasteiger partial charge is 0.255 e. The van der Waals surface area contributed by atoms with Crippen molar-refractivity contribution in [1.29, 1.82) is 0 Å². The van der Waals surface area contributed by atoms with Crippen molar-refractivity contribution in [2.75, 3.05) is 5.32 Å². The lowest BCUT2D eigenvalue weighted by Gasteiger charge is -2.24. The van der Waals surface area contributed by atoms with Crippen molar-refractivity contribution in [1.82, 2.24) is 9.97 Å². The third-order valence-electron chi connectivity index (χ3n) is 6.83. The number of hydrogen-bond acceptors (Lipinski definition) is 5. The molecule has 2 heterocycles. The molecule has 0 bridgehead atoms. The molecule has 4 aromatic rings. The molecule has 0 saturated heterocycles. The fraction of sp³-hybridized carbons (Fsp3) is 0.258. The van der Waals surface area contributed by atoms with Gasteiger partial charge < -0.3 is 15.2 Å². The Balaban J connectivity index is 1.62. The molecule has 2 aromatic heterocycles. The van der Waals surface area contributed by atoms with E-state index in [2.05, 4.69) is 43.0 Å². The Labute approximate surface area is 218 Å². The standard InChI is InChI=1S/C31H33N3O3/c1-6-24-17-21(14-16-32-24)25-9-8-15-33-30(25)37-28-18-22(11-10-20(28)3)29(36)34-26-19-23(12-13-27(26)35)31(4,5)7-2/h8-19,35H,6-7H2,1-5H3,(H,34,36). The first-order valence-electron chi connectivity index (χ1n) is 12.6. The van der Waals surface area contributed by atoms with Crippen LogP contribution in [0, 0.1) is 6.92 Å². The molecule has 0 radical (unpaired) electrons.